The lowest BCUT2D eigenvalue weighted by molar-refractivity contribution is 0.578. The highest BCUT2D eigenvalue weighted by molar-refractivity contribution is 7.15. The van der Waals surface area contributed by atoms with Gasteiger partial charge in [0, 0.05) is 15.8 Å². The Morgan fingerprint density at radius 3 is 2.78 bits per heavy atom. The molecule has 1 N–H and O–H groups in total. The summed E-state index contributed by atoms with van der Waals surface area (Å²) in [5.41, 5.74) is 2.65. The van der Waals surface area contributed by atoms with Crippen LogP contribution in [0.25, 0.3) is 10.4 Å². The fourth-order valence-electron chi connectivity index (χ4n) is 2.00. The molecule has 1 aromatic heterocycles. The van der Waals surface area contributed by atoms with Crippen molar-refractivity contribution in [2.24, 2.45) is 0 Å². The second kappa shape index (κ2) is 6.17. The first kappa shape index (κ1) is 13.3. The van der Waals surface area contributed by atoms with E-state index in [0.29, 0.717) is 6.04 Å². The molecule has 2 rings (SSSR count). The molecule has 1 unspecified atom stereocenters. The van der Waals surface area contributed by atoms with Gasteiger partial charge in [0.05, 0.1) is 0 Å². The van der Waals surface area contributed by atoms with Crippen LogP contribution in [0.15, 0.2) is 36.4 Å². The lowest BCUT2D eigenvalue weighted by Gasteiger charge is -2.10. The van der Waals surface area contributed by atoms with Crippen LogP contribution in [0.1, 0.15) is 36.8 Å². The highest BCUT2D eigenvalue weighted by atomic mass is 32.1. The topological polar surface area (TPSA) is 12.0 Å². The molecule has 1 atom stereocenters. The number of hydrogen-bond donors (Lipinski definition) is 1. The summed E-state index contributed by atoms with van der Waals surface area (Å²) in [4.78, 5) is 2.78. The summed E-state index contributed by atoms with van der Waals surface area (Å²) >= 11 is 1.89. The van der Waals surface area contributed by atoms with Crippen molar-refractivity contribution in [3.63, 3.8) is 0 Å². The maximum absolute atomic E-state index is 3.54. The highest BCUT2D eigenvalue weighted by Gasteiger charge is 2.08. The molecule has 1 heterocycles. The van der Waals surface area contributed by atoms with E-state index >= 15 is 0 Å². The number of rotatable bonds is 5. The van der Waals surface area contributed by atoms with Crippen LogP contribution in [-0.4, -0.2) is 6.54 Å². The van der Waals surface area contributed by atoms with Crippen molar-refractivity contribution in [2.75, 3.05) is 6.54 Å². The molecule has 2 heteroatoms. The summed E-state index contributed by atoms with van der Waals surface area (Å²) in [6.07, 6.45) is 1.18. The van der Waals surface area contributed by atoms with Gasteiger partial charge in [-0.1, -0.05) is 36.8 Å². The first-order valence-electron chi connectivity index (χ1n) is 6.61. The maximum Gasteiger partial charge on any atom is 0.0386 e. The summed E-state index contributed by atoms with van der Waals surface area (Å²) in [6, 6.07) is 13.6. The average Bonchev–Trinajstić information content (AvgIpc) is 2.85. The second-order valence-electron chi connectivity index (χ2n) is 4.75. The van der Waals surface area contributed by atoms with Crippen LogP contribution in [0, 0.1) is 6.92 Å². The molecule has 0 radical (unpaired) electrons. The van der Waals surface area contributed by atoms with Crippen molar-refractivity contribution in [1.29, 1.82) is 0 Å². The Bertz CT molecular complexity index is 501. The molecule has 96 valence electrons. The number of aryl methyl sites for hydroxylation is 1. The van der Waals surface area contributed by atoms with Crippen molar-refractivity contribution >= 4 is 11.3 Å². The molecule has 0 saturated carbocycles. The van der Waals surface area contributed by atoms with Gasteiger partial charge in [0.15, 0.2) is 0 Å². The summed E-state index contributed by atoms with van der Waals surface area (Å²) in [7, 11) is 0. The van der Waals surface area contributed by atoms with Crippen LogP contribution < -0.4 is 5.32 Å². The summed E-state index contributed by atoms with van der Waals surface area (Å²) in [5.74, 6) is 0. The SMILES string of the molecule is CCCNC(C)c1ccc(-c2cccc(C)c2)s1. The van der Waals surface area contributed by atoms with Gasteiger partial charge in [0.2, 0.25) is 0 Å². The molecule has 0 aliphatic carbocycles. The third kappa shape index (κ3) is 3.21. The number of benzene rings is 1. The Hall–Kier alpha value is -1.12. The Balaban J connectivity index is 2.15. The van der Waals surface area contributed by atoms with Gasteiger partial charge >= 0.3 is 0 Å². The molecule has 18 heavy (non-hydrogen) atoms. The first-order valence-corrected chi connectivity index (χ1v) is 7.42. The van der Waals surface area contributed by atoms with E-state index in [-0.39, 0.29) is 0 Å². The minimum absolute atomic E-state index is 0.452. The standard InChI is InChI=1S/C16H21NS/c1-4-10-17-13(3)15-8-9-16(18-15)14-7-5-6-12(2)11-14/h5-9,11,13,17H,4,10H2,1-3H3. The predicted molar refractivity (Wildman–Crippen MR) is 81.2 cm³/mol. The fourth-order valence-corrected chi connectivity index (χ4v) is 3.03. The zero-order valence-corrected chi connectivity index (χ0v) is 12.2. The molecule has 0 bridgehead atoms. The summed E-state index contributed by atoms with van der Waals surface area (Å²) in [5, 5.41) is 3.54. The summed E-state index contributed by atoms with van der Waals surface area (Å²) in [6.45, 7) is 7.66. The van der Waals surface area contributed by atoms with Gasteiger partial charge < -0.3 is 5.32 Å². The largest absolute Gasteiger partial charge is 0.309 e. The zero-order valence-electron chi connectivity index (χ0n) is 11.4. The Morgan fingerprint density at radius 1 is 1.22 bits per heavy atom. The van der Waals surface area contributed by atoms with E-state index in [1.54, 1.807) is 0 Å². The molecular weight excluding hydrogens is 238 g/mol. The highest BCUT2D eigenvalue weighted by Crippen LogP contribution is 2.31. The third-order valence-electron chi connectivity index (χ3n) is 3.06. The van der Waals surface area contributed by atoms with Crippen LogP contribution >= 0.6 is 11.3 Å². The molecule has 1 aromatic carbocycles. The molecular formula is C16H21NS. The van der Waals surface area contributed by atoms with Crippen molar-refractivity contribution in [1.82, 2.24) is 5.32 Å². The molecule has 1 nitrogen and oxygen atoms in total. The van der Waals surface area contributed by atoms with Gasteiger partial charge in [-0.05, 0) is 44.5 Å². The molecule has 0 fully saturated rings. The van der Waals surface area contributed by atoms with E-state index in [2.05, 4.69) is 62.5 Å². The van der Waals surface area contributed by atoms with Crippen LogP contribution in [0.3, 0.4) is 0 Å². The van der Waals surface area contributed by atoms with E-state index in [0.717, 1.165) is 6.54 Å². The monoisotopic (exact) mass is 259 g/mol. The van der Waals surface area contributed by atoms with E-state index in [1.807, 2.05) is 11.3 Å². The predicted octanol–water partition coefficient (Wildman–Crippen LogP) is 4.78. The minimum atomic E-state index is 0.452. The van der Waals surface area contributed by atoms with Crippen molar-refractivity contribution in [3.8, 4) is 10.4 Å². The quantitative estimate of drug-likeness (QED) is 0.814. The molecule has 0 aliphatic rings. The van der Waals surface area contributed by atoms with E-state index in [1.165, 1.54) is 27.3 Å². The minimum Gasteiger partial charge on any atom is -0.309 e. The van der Waals surface area contributed by atoms with Crippen molar-refractivity contribution in [2.45, 2.75) is 33.2 Å². The molecule has 0 amide bonds. The molecule has 0 saturated heterocycles. The molecule has 0 aliphatic heterocycles. The van der Waals surface area contributed by atoms with Crippen LogP contribution in [0.5, 0.6) is 0 Å². The first-order chi connectivity index (χ1) is 8.70. The number of nitrogens with one attached hydrogen (secondary N) is 1. The Morgan fingerprint density at radius 2 is 2.06 bits per heavy atom. The molecule has 2 aromatic rings. The van der Waals surface area contributed by atoms with E-state index in [9.17, 15) is 0 Å². The van der Waals surface area contributed by atoms with Gasteiger partial charge in [-0.2, -0.15) is 0 Å². The van der Waals surface area contributed by atoms with Gasteiger partial charge in [-0.3, -0.25) is 0 Å². The maximum atomic E-state index is 3.54. The normalized spacial score (nSPS) is 12.6. The van der Waals surface area contributed by atoms with Crippen molar-refractivity contribution in [3.05, 3.63) is 46.8 Å². The fraction of sp³-hybridized carbons (Fsp3) is 0.375. The lowest BCUT2D eigenvalue weighted by atomic mass is 10.1. The van der Waals surface area contributed by atoms with Gasteiger partial charge in [-0.15, -0.1) is 11.3 Å². The third-order valence-corrected chi connectivity index (χ3v) is 4.37. The van der Waals surface area contributed by atoms with Crippen molar-refractivity contribution < 1.29 is 0 Å². The Kier molecular flexibility index (Phi) is 4.56. The lowest BCUT2D eigenvalue weighted by Crippen LogP contribution is -2.18. The van der Waals surface area contributed by atoms with Crippen LogP contribution in [0.2, 0.25) is 0 Å². The number of thiophene rings is 1. The van der Waals surface area contributed by atoms with Crippen LogP contribution in [-0.2, 0) is 0 Å². The van der Waals surface area contributed by atoms with Gasteiger partial charge in [0.25, 0.3) is 0 Å². The zero-order chi connectivity index (χ0) is 13.0. The van der Waals surface area contributed by atoms with E-state index < -0.39 is 0 Å². The molecule has 0 spiro atoms. The number of hydrogen-bond acceptors (Lipinski definition) is 2. The van der Waals surface area contributed by atoms with E-state index in [4.69, 9.17) is 0 Å². The summed E-state index contributed by atoms with van der Waals surface area (Å²) < 4.78 is 0. The van der Waals surface area contributed by atoms with Gasteiger partial charge in [-0.25, -0.2) is 0 Å². The second-order valence-corrected chi connectivity index (χ2v) is 5.86. The smallest absolute Gasteiger partial charge is 0.0386 e. The average molecular weight is 259 g/mol. The van der Waals surface area contributed by atoms with Gasteiger partial charge in [0.1, 0.15) is 0 Å². The Labute approximate surface area is 114 Å². The van der Waals surface area contributed by atoms with Crippen LogP contribution in [0.4, 0.5) is 0 Å².